The Balaban J connectivity index is 2.14. The van der Waals surface area contributed by atoms with Gasteiger partial charge in [-0.05, 0) is 37.6 Å². The number of benzene rings is 1. The summed E-state index contributed by atoms with van der Waals surface area (Å²) in [4.78, 5) is 20.1. The van der Waals surface area contributed by atoms with Gasteiger partial charge < -0.3 is 11.1 Å². The molecular formula is C16H16N4O. The molecule has 1 heterocycles. The lowest BCUT2D eigenvalue weighted by Gasteiger charge is -2.07. The first kappa shape index (κ1) is 14.7. The second kappa shape index (κ2) is 6.64. The first-order chi connectivity index (χ1) is 10.1. The lowest BCUT2D eigenvalue weighted by molar-refractivity contribution is 0.102. The zero-order valence-electron chi connectivity index (χ0n) is 12.0. The molecule has 0 spiro atoms. The van der Waals surface area contributed by atoms with Crippen molar-refractivity contribution in [3.63, 3.8) is 0 Å². The van der Waals surface area contributed by atoms with E-state index in [9.17, 15) is 4.79 Å². The first-order valence-corrected chi connectivity index (χ1v) is 6.49. The number of hydrogen-bond acceptors (Lipinski definition) is 4. The third-order valence-electron chi connectivity index (χ3n) is 2.82. The molecule has 1 aromatic heterocycles. The largest absolute Gasteiger partial charge is 0.321 e. The van der Waals surface area contributed by atoms with Gasteiger partial charge in [0, 0.05) is 17.4 Å². The third kappa shape index (κ3) is 3.88. The van der Waals surface area contributed by atoms with Crippen LogP contribution < -0.4 is 11.1 Å². The second-order valence-electron chi connectivity index (χ2n) is 4.53. The molecular weight excluding hydrogens is 264 g/mol. The molecule has 106 valence electrons. The number of hydrogen-bond donors (Lipinski definition) is 2. The zero-order valence-corrected chi connectivity index (χ0v) is 12.0. The molecule has 0 saturated heterocycles. The van der Waals surface area contributed by atoms with Gasteiger partial charge in [0.05, 0.1) is 18.4 Å². The number of anilines is 1. The summed E-state index contributed by atoms with van der Waals surface area (Å²) in [6, 6.07) is 5.52. The van der Waals surface area contributed by atoms with Crippen LogP contribution in [0.4, 0.5) is 5.69 Å². The molecule has 0 atom stereocenters. The molecule has 0 aliphatic carbocycles. The van der Waals surface area contributed by atoms with Crippen molar-refractivity contribution in [2.45, 2.75) is 13.8 Å². The average molecular weight is 280 g/mol. The van der Waals surface area contributed by atoms with Gasteiger partial charge in [-0.15, -0.1) is 0 Å². The summed E-state index contributed by atoms with van der Waals surface area (Å²) in [6.07, 6.45) is 3.02. The summed E-state index contributed by atoms with van der Waals surface area (Å²) < 4.78 is 0. The van der Waals surface area contributed by atoms with Gasteiger partial charge >= 0.3 is 0 Å². The van der Waals surface area contributed by atoms with E-state index in [1.807, 2.05) is 26.0 Å². The van der Waals surface area contributed by atoms with Gasteiger partial charge in [0.25, 0.3) is 5.91 Å². The summed E-state index contributed by atoms with van der Waals surface area (Å²) >= 11 is 0. The van der Waals surface area contributed by atoms with Crippen LogP contribution in [0, 0.1) is 25.7 Å². The van der Waals surface area contributed by atoms with Crippen molar-refractivity contribution in [3.8, 4) is 11.8 Å². The van der Waals surface area contributed by atoms with Crippen LogP contribution >= 0.6 is 0 Å². The lowest BCUT2D eigenvalue weighted by atomic mass is 10.1. The normalized spacial score (nSPS) is 9.67. The molecule has 0 radical (unpaired) electrons. The number of nitrogens with zero attached hydrogens (tertiary/aromatic N) is 2. The van der Waals surface area contributed by atoms with Crippen molar-refractivity contribution in [2.24, 2.45) is 5.73 Å². The number of carbonyl (C=O) groups excluding carboxylic acids is 1. The van der Waals surface area contributed by atoms with Crippen LogP contribution in [0.3, 0.4) is 0 Å². The molecule has 0 fully saturated rings. The van der Waals surface area contributed by atoms with Gasteiger partial charge in [-0.25, -0.2) is 4.98 Å². The zero-order chi connectivity index (χ0) is 15.2. The minimum atomic E-state index is -0.289. The van der Waals surface area contributed by atoms with Crippen LogP contribution in [0.15, 0.2) is 30.6 Å². The predicted molar refractivity (Wildman–Crippen MR) is 81.8 cm³/mol. The molecule has 21 heavy (non-hydrogen) atoms. The van der Waals surface area contributed by atoms with Crippen molar-refractivity contribution in [1.29, 1.82) is 0 Å². The highest BCUT2D eigenvalue weighted by Gasteiger charge is 2.08. The monoisotopic (exact) mass is 280 g/mol. The van der Waals surface area contributed by atoms with E-state index >= 15 is 0 Å². The highest BCUT2D eigenvalue weighted by Crippen LogP contribution is 2.15. The Bertz CT molecular complexity index is 711. The fourth-order valence-electron chi connectivity index (χ4n) is 1.73. The van der Waals surface area contributed by atoms with Gasteiger partial charge in [0.15, 0.2) is 0 Å². The first-order valence-electron chi connectivity index (χ1n) is 6.49. The molecule has 3 N–H and O–H groups in total. The van der Waals surface area contributed by atoms with Crippen LogP contribution in [0.25, 0.3) is 0 Å². The Morgan fingerprint density at radius 1 is 1.29 bits per heavy atom. The van der Waals surface area contributed by atoms with Gasteiger partial charge in [-0.1, -0.05) is 11.8 Å². The maximum atomic E-state index is 12.0. The summed E-state index contributed by atoms with van der Waals surface area (Å²) in [5.74, 6) is 5.50. The molecule has 5 nitrogen and oxygen atoms in total. The van der Waals surface area contributed by atoms with E-state index in [0.717, 1.165) is 16.8 Å². The lowest BCUT2D eigenvalue weighted by Crippen LogP contribution is -2.14. The molecule has 0 unspecified atom stereocenters. The fourth-order valence-corrected chi connectivity index (χ4v) is 1.73. The van der Waals surface area contributed by atoms with Crippen LogP contribution in [0.5, 0.6) is 0 Å². The quantitative estimate of drug-likeness (QED) is 0.820. The molecule has 0 bridgehead atoms. The summed E-state index contributed by atoms with van der Waals surface area (Å²) in [7, 11) is 0. The number of rotatable bonds is 2. The van der Waals surface area contributed by atoms with Gasteiger partial charge in [0.1, 0.15) is 5.69 Å². The Morgan fingerprint density at radius 3 is 2.71 bits per heavy atom. The highest BCUT2D eigenvalue weighted by atomic mass is 16.1. The summed E-state index contributed by atoms with van der Waals surface area (Å²) in [5, 5.41) is 2.79. The van der Waals surface area contributed by atoms with Crippen LogP contribution in [0.1, 0.15) is 27.3 Å². The molecule has 0 saturated carbocycles. The molecule has 1 aromatic carbocycles. The SMILES string of the molecule is Cc1cnc(C(=O)Nc2ccc(C#CCN)c(C)c2)cn1. The van der Waals surface area contributed by atoms with Gasteiger partial charge in [0.2, 0.25) is 0 Å². The molecule has 1 amide bonds. The maximum absolute atomic E-state index is 12.0. The molecule has 0 aliphatic rings. The highest BCUT2D eigenvalue weighted by molar-refractivity contribution is 6.02. The van der Waals surface area contributed by atoms with Crippen LogP contribution in [0.2, 0.25) is 0 Å². The van der Waals surface area contributed by atoms with Crippen LogP contribution in [-0.2, 0) is 0 Å². The molecule has 5 heteroatoms. The van der Waals surface area contributed by atoms with E-state index in [0.29, 0.717) is 12.2 Å². The number of carbonyl (C=O) groups is 1. The Morgan fingerprint density at radius 2 is 2.10 bits per heavy atom. The van der Waals surface area contributed by atoms with Crippen molar-refractivity contribution in [3.05, 3.63) is 53.1 Å². The van der Waals surface area contributed by atoms with Crippen molar-refractivity contribution in [2.75, 3.05) is 11.9 Å². The summed E-state index contributed by atoms with van der Waals surface area (Å²) in [6.45, 7) is 4.07. The third-order valence-corrected chi connectivity index (χ3v) is 2.82. The molecule has 2 rings (SSSR count). The summed E-state index contributed by atoms with van der Waals surface area (Å²) in [5.41, 5.74) is 8.97. The van der Waals surface area contributed by atoms with Crippen molar-refractivity contribution in [1.82, 2.24) is 9.97 Å². The number of aryl methyl sites for hydroxylation is 2. The second-order valence-corrected chi connectivity index (χ2v) is 4.53. The van der Waals surface area contributed by atoms with Gasteiger partial charge in [-0.2, -0.15) is 0 Å². The van der Waals surface area contributed by atoms with Crippen molar-refractivity contribution < 1.29 is 4.79 Å². The van der Waals surface area contributed by atoms with Crippen molar-refractivity contribution >= 4 is 11.6 Å². The van der Waals surface area contributed by atoms with Gasteiger partial charge in [-0.3, -0.25) is 9.78 Å². The molecule has 0 aliphatic heterocycles. The average Bonchev–Trinajstić information content (AvgIpc) is 2.47. The minimum Gasteiger partial charge on any atom is -0.321 e. The minimum absolute atomic E-state index is 0.283. The van der Waals surface area contributed by atoms with E-state index in [1.54, 1.807) is 12.3 Å². The van der Waals surface area contributed by atoms with E-state index in [-0.39, 0.29) is 11.6 Å². The number of nitrogens with two attached hydrogens (primary N) is 1. The van der Waals surface area contributed by atoms with E-state index in [4.69, 9.17) is 5.73 Å². The van der Waals surface area contributed by atoms with E-state index in [1.165, 1.54) is 6.20 Å². The standard InChI is InChI=1S/C16H16N4O/c1-11-8-14(6-5-13(11)4-3-7-17)20-16(21)15-10-18-12(2)9-19-15/h5-6,8-10H,7,17H2,1-2H3,(H,20,21). The smallest absolute Gasteiger partial charge is 0.275 e. The van der Waals surface area contributed by atoms with Crippen LogP contribution in [-0.4, -0.2) is 22.4 Å². The number of aromatic nitrogens is 2. The Labute approximate surface area is 123 Å². The van der Waals surface area contributed by atoms with E-state index < -0.39 is 0 Å². The fraction of sp³-hybridized carbons (Fsp3) is 0.188. The maximum Gasteiger partial charge on any atom is 0.275 e. The Hall–Kier alpha value is -2.71. The number of amides is 1. The molecule has 2 aromatic rings. The van der Waals surface area contributed by atoms with E-state index in [2.05, 4.69) is 27.1 Å². The topological polar surface area (TPSA) is 80.9 Å². The number of nitrogens with one attached hydrogen (secondary N) is 1. The Kier molecular flexibility index (Phi) is 4.64. The predicted octanol–water partition coefficient (Wildman–Crippen LogP) is 1.66.